The molecule has 0 amide bonds. The van der Waals surface area contributed by atoms with E-state index in [0.29, 0.717) is 64.6 Å². The summed E-state index contributed by atoms with van der Waals surface area (Å²) in [5.41, 5.74) is 0.949. The number of halogens is 3. The van der Waals surface area contributed by atoms with E-state index in [0.717, 1.165) is 22.9 Å². The van der Waals surface area contributed by atoms with Gasteiger partial charge in [0.2, 0.25) is 0 Å². The van der Waals surface area contributed by atoms with Gasteiger partial charge in [0.25, 0.3) is 0 Å². The van der Waals surface area contributed by atoms with Gasteiger partial charge in [-0.05, 0) is 79.7 Å². The Bertz CT molecular complexity index is 1360. The monoisotopic (exact) mass is 570 g/mol. The van der Waals surface area contributed by atoms with E-state index in [1.165, 1.54) is 5.57 Å². The van der Waals surface area contributed by atoms with Crippen molar-refractivity contribution in [3.63, 3.8) is 0 Å². The molecular weight excluding hydrogens is 533 g/mol. The van der Waals surface area contributed by atoms with Crippen LogP contribution in [0.1, 0.15) is 69.8 Å². The van der Waals surface area contributed by atoms with E-state index in [-0.39, 0.29) is 23.8 Å². The van der Waals surface area contributed by atoms with Gasteiger partial charge >= 0.3 is 6.18 Å². The molecule has 7 rings (SSSR count). The Kier molecular flexibility index (Phi) is 6.19. The van der Waals surface area contributed by atoms with Gasteiger partial charge in [0.1, 0.15) is 0 Å². The highest BCUT2D eigenvalue weighted by Gasteiger charge is 2.64. The summed E-state index contributed by atoms with van der Waals surface area (Å²) in [6, 6.07) is 8.21. The molecule has 1 spiro atoms. The fraction of sp³-hybridized carbons (Fsp3) is 0.594. The predicted octanol–water partition coefficient (Wildman–Crippen LogP) is 5.99. The molecule has 41 heavy (non-hydrogen) atoms. The van der Waals surface area contributed by atoms with Crippen molar-refractivity contribution in [1.29, 1.82) is 0 Å². The van der Waals surface area contributed by atoms with E-state index in [1.807, 2.05) is 29.8 Å². The van der Waals surface area contributed by atoms with E-state index in [2.05, 4.69) is 17.1 Å². The Morgan fingerprint density at radius 3 is 2.49 bits per heavy atom. The zero-order valence-electron chi connectivity index (χ0n) is 23.2. The van der Waals surface area contributed by atoms with Gasteiger partial charge in [0.15, 0.2) is 5.79 Å². The Morgan fingerprint density at radius 1 is 1.05 bits per heavy atom. The first kappa shape index (κ1) is 27.4. The quantitative estimate of drug-likeness (QED) is 0.444. The molecule has 2 N–H and O–H groups in total. The van der Waals surface area contributed by atoms with Crippen LogP contribution < -0.4 is 0 Å². The molecule has 3 saturated carbocycles. The molecule has 5 aliphatic rings. The zero-order chi connectivity index (χ0) is 28.7. The number of alkyl halides is 3. The van der Waals surface area contributed by atoms with Crippen LogP contribution >= 0.6 is 0 Å². The molecule has 6 unspecified atom stereocenters. The molecule has 6 nitrogen and oxygen atoms in total. The smallest absolute Gasteiger partial charge is 0.385 e. The second kappa shape index (κ2) is 9.27. The summed E-state index contributed by atoms with van der Waals surface area (Å²) in [4.78, 5) is 4.14. The fourth-order valence-electron chi connectivity index (χ4n) is 9.15. The average Bonchev–Trinajstić information content (AvgIpc) is 3.68. The third-order valence-corrected chi connectivity index (χ3v) is 11.1. The number of aliphatic hydroxyl groups is 2. The third kappa shape index (κ3) is 4.34. The maximum atomic E-state index is 13.3. The molecule has 0 bridgehead atoms. The van der Waals surface area contributed by atoms with Crippen LogP contribution in [0.4, 0.5) is 13.2 Å². The highest BCUT2D eigenvalue weighted by atomic mass is 19.4. The van der Waals surface area contributed by atoms with Gasteiger partial charge < -0.3 is 24.3 Å². The lowest BCUT2D eigenvalue weighted by molar-refractivity contribution is -0.208. The van der Waals surface area contributed by atoms with E-state index in [9.17, 15) is 23.4 Å². The highest BCUT2D eigenvalue weighted by Crippen LogP contribution is 2.68. The van der Waals surface area contributed by atoms with E-state index < -0.39 is 28.6 Å². The van der Waals surface area contributed by atoms with Gasteiger partial charge in [-0.2, -0.15) is 13.2 Å². The van der Waals surface area contributed by atoms with E-state index >= 15 is 0 Å². The molecule has 6 atom stereocenters. The molecule has 2 aromatic rings. The molecule has 220 valence electrons. The van der Waals surface area contributed by atoms with Crippen molar-refractivity contribution in [2.24, 2.45) is 17.3 Å². The number of nitrogens with zero attached hydrogens (tertiary/aromatic N) is 2. The van der Waals surface area contributed by atoms with E-state index in [4.69, 9.17) is 9.47 Å². The lowest BCUT2D eigenvalue weighted by Gasteiger charge is -2.57. The van der Waals surface area contributed by atoms with Crippen LogP contribution in [0, 0.1) is 17.3 Å². The third-order valence-electron chi connectivity index (χ3n) is 11.1. The molecular formula is C32H37F3N2O4. The highest BCUT2D eigenvalue weighted by molar-refractivity contribution is 5.46. The van der Waals surface area contributed by atoms with Gasteiger partial charge in [0.05, 0.1) is 30.7 Å². The maximum Gasteiger partial charge on any atom is 0.409 e. The number of ether oxygens (including phenoxy) is 2. The summed E-state index contributed by atoms with van der Waals surface area (Å²) in [6.07, 6.45) is 6.53. The summed E-state index contributed by atoms with van der Waals surface area (Å²) >= 11 is 0. The first-order chi connectivity index (χ1) is 19.4. The number of hydrogen-bond acceptors (Lipinski definition) is 5. The SMILES string of the molecule is CC12CC(c3ccc(-n4ccnc4)cc3)C3=C4CCC5(CC4(O)CCC3C1CCC2(O)C=CC(F)(F)F)OCCO5. The molecule has 0 radical (unpaired) electrons. The van der Waals surface area contributed by atoms with E-state index in [1.54, 1.807) is 12.5 Å². The minimum atomic E-state index is -4.49. The van der Waals surface area contributed by atoms with Crippen LogP contribution in [-0.2, 0) is 9.47 Å². The largest absolute Gasteiger partial charge is 0.409 e. The summed E-state index contributed by atoms with van der Waals surface area (Å²) in [5, 5.41) is 24.0. The maximum absolute atomic E-state index is 13.3. The van der Waals surface area contributed by atoms with Crippen LogP contribution in [0.5, 0.6) is 0 Å². The van der Waals surface area contributed by atoms with Crippen LogP contribution in [0.15, 0.2) is 66.3 Å². The minimum Gasteiger partial charge on any atom is -0.385 e. The lowest BCUT2D eigenvalue weighted by atomic mass is 9.49. The lowest BCUT2D eigenvalue weighted by Crippen LogP contribution is -2.55. The van der Waals surface area contributed by atoms with Gasteiger partial charge in [-0.1, -0.05) is 24.6 Å². The Hall–Kier alpha value is -2.46. The second-order valence-corrected chi connectivity index (χ2v) is 13.1. The predicted molar refractivity (Wildman–Crippen MR) is 145 cm³/mol. The van der Waals surface area contributed by atoms with Crippen LogP contribution in [0.2, 0.25) is 0 Å². The number of hydrogen-bond donors (Lipinski definition) is 2. The molecule has 1 saturated heterocycles. The van der Waals surface area contributed by atoms with Crippen molar-refractivity contribution in [3.05, 3.63) is 71.8 Å². The normalized spacial score (nSPS) is 38.3. The van der Waals surface area contributed by atoms with Crippen LogP contribution in [0.3, 0.4) is 0 Å². The molecule has 2 heterocycles. The van der Waals surface area contributed by atoms with Crippen molar-refractivity contribution in [2.75, 3.05) is 13.2 Å². The molecule has 9 heteroatoms. The van der Waals surface area contributed by atoms with Crippen molar-refractivity contribution >= 4 is 0 Å². The Labute approximate surface area is 237 Å². The average molecular weight is 571 g/mol. The van der Waals surface area contributed by atoms with Gasteiger partial charge in [-0.25, -0.2) is 4.98 Å². The Morgan fingerprint density at radius 2 is 1.80 bits per heavy atom. The number of fused-ring (bicyclic) bond motifs is 4. The molecule has 1 aliphatic heterocycles. The van der Waals surface area contributed by atoms with Crippen molar-refractivity contribution in [2.45, 2.75) is 87.4 Å². The standard InChI is InChI=1S/C32H37F3N2O4/c1-28-18-24(21-2-4-22(5-3-21)37-15-14-36-20-37)27-23(25(28)7-10-30(28,39)12-13-32(33,34)35)6-9-29(38)19-31(11-8-26(27)29)40-16-17-41-31/h2-5,12-15,20,23-25,38-39H,6-11,16-19H2,1H3. The van der Waals surface area contributed by atoms with Crippen molar-refractivity contribution < 1.29 is 32.9 Å². The molecule has 4 fully saturated rings. The van der Waals surface area contributed by atoms with Gasteiger partial charge in [0, 0.05) is 48.3 Å². The molecule has 1 aromatic heterocycles. The molecule has 1 aromatic carbocycles. The minimum absolute atomic E-state index is 0.0220. The van der Waals surface area contributed by atoms with Crippen LogP contribution in [-0.4, -0.2) is 56.1 Å². The summed E-state index contributed by atoms with van der Waals surface area (Å²) in [7, 11) is 0. The van der Waals surface area contributed by atoms with Crippen molar-refractivity contribution in [3.8, 4) is 5.69 Å². The first-order valence-corrected chi connectivity index (χ1v) is 14.8. The van der Waals surface area contributed by atoms with Gasteiger partial charge in [-0.3, -0.25) is 0 Å². The Balaban J connectivity index is 1.33. The number of allylic oxidation sites excluding steroid dienone is 2. The van der Waals surface area contributed by atoms with Gasteiger partial charge in [-0.15, -0.1) is 0 Å². The summed E-state index contributed by atoms with van der Waals surface area (Å²) < 4.78 is 53.8. The summed E-state index contributed by atoms with van der Waals surface area (Å²) in [5.74, 6) is -0.778. The topological polar surface area (TPSA) is 76.7 Å². The molecule has 4 aliphatic carbocycles. The number of aromatic nitrogens is 2. The van der Waals surface area contributed by atoms with Crippen molar-refractivity contribution in [1.82, 2.24) is 9.55 Å². The fourth-order valence-corrected chi connectivity index (χ4v) is 9.15. The van der Waals surface area contributed by atoms with Crippen LogP contribution in [0.25, 0.3) is 5.69 Å². The first-order valence-electron chi connectivity index (χ1n) is 14.8. The number of imidazole rings is 1. The zero-order valence-corrected chi connectivity index (χ0v) is 23.2. The number of benzene rings is 1. The summed E-state index contributed by atoms with van der Waals surface area (Å²) in [6.45, 7) is 3.04. The number of rotatable bonds is 3. The second-order valence-electron chi connectivity index (χ2n) is 13.1.